The Kier molecular flexibility index (Phi) is 6.12. The molecule has 0 radical (unpaired) electrons. The molecule has 1 aliphatic heterocycles. The number of rotatable bonds is 4. The minimum atomic E-state index is -1.61. The van der Waals surface area contributed by atoms with Crippen LogP contribution in [0.25, 0.3) is 0 Å². The second kappa shape index (κ2) is 8.14. The van der Waals surface area contributed by atoms with E-state index >= 15 is 0 Å². The number of hydrogen-bond donors (Lipinski definition) is 1. The molecule has 0 spiro atoms. The van der Waals surface area contributed by atoms with Crippen molar-refractivity contribution in [3.05, 3.63) is 52.7 Å². The molecule has 4 nitrogen and oxygen atoms in total. The van der Waals surface area contributed by atoms with Crippen molar-refractivity contribution in [1.82, 2.24) is 10.2 Å². The summed E-state index contributed by atoms with van der Waals surface area (Å²) in [6, 6.07) is 13.8. The predicted molar refractivity (Wildman–Crippen MR) is 106 cm³/mol. The summed E-state index contributed by atoms with van der Waals surface area (Å²) in [5, 5.41) is 4.71. The Balaban J connectivity index is 1.66. The quantitative estimate of drug-likeness (QED) is 0.762. The fourth-order valence-corrected chi connectivity index (χ4v) is 4.06. The monoisotopic (exact) mass is 417 g/mol. The molecule has 1 saturated heterocycles. The molecule has 1 aromatic heterocycles. The highest BCUT2D eigenvalue weighted by atomic mass is 35.6. The van der Waals surface area contributed by atoms with Crippen LogP contribution in [0, 0.1) is 0 Å². The SMILES string of the molecule is O=C(N[C@@H](N1CCN(c2ccccc2)CC1)C(Cl)(Cl)Cl)c1cccs1. The summed E-state index contributed by atoms with van der Waals surface area (Å²) in [6.07, 6.45) is -0.676. The maximum Gasteiger partial charge on any atom is 0.262 e. The number of thiophene rings is 1. The zero-order valence-electron chi connectivity index (χ0n) is 13.4. The van der Waals surface area contributed by atoms with E-state index in [-0.39, 0.29) is 5.91 Å². The first-order chi connectivity index (χ1) is 11.9. The van der Waals surface area contributed by atoms with Gasteiger partial charge in [-0.2, -0.15) is 0 Å². The van der Waals surface area contributed by atoms with Crippen LogP contribution in [0.3, 0.4) is 0 Å². The Bertz CT molecular complexity index is 683. The van der Waals surface area contributed by atoms with Gasteiger partial charge in [0.15, 0.2) is 0 Å². The first-order valence-electron chi connectivity index (χ1n) is 7.90. The number of nitrogens with one attached hydrogen (secondary N) is 1. The molecular weight excluding hydrogens is 401 g/mol. The molecule has 0 bridgehead atoms. The number of piperazine rings is 1. The number of hydrogen-bond acceptors (Lipinski definition) is 4. The molecule has 1 atom stereocenters. The molecule has 8 heteroatoms. The number of anilines is 1. The van der Waals surface area contributed by atoms with Gasteiger partial charge in [0.1, 0.15) is 6.17 Å². The summed E-state index contributed by atoms with van der Waals surface area (Å²) in [4.78, 5) is 17.3. The number of para-hydroxylation sites is 1. The zero-order chi connectivity index (χ0) is 17.9. The first kappa shape index (κ1) is 18.8. The van der Waals surface area contributed by atoms with Gasteiger partial charge in [-0.05, 0) is 23.6 Å². The number of alkyl halides is 3. The van der Waals surface area contributed by atoms with E-state index in [4.69, 9.17) is 34.8 Å². The number of halogens is 3. The third kappa shape index (κ3) is 4.80. The molecule has 1 aromatic carbocycles. The minimum absolute atomic E-state index is 0.225. The van der Waals surface area contributed by atoms with Crippen LogP contribution in [-0.2, 0) is 0 Å². The lowest BCUT2D eigenvalue weighted by Gasteiger charge is -2.42. The van der Waals surface area contributed by atoms with Crippen LogP contribution in [0.4, 0.5) is 5.69 Å². The smallest absolute Gasteiger partial charge is 0.262 e. The van der Waals surface area contributed by atoms with Crippen molar-refractivity contribution in [3.8, 4) is 0 Å². The van der Waals surface area contributed by atoms with Crippen molar-refractivity contribution in [1.29, 1.82) is 0 Å². The van der Waals surface area contributed by atoms with Crippen LogP contribution in [0.15, 0.2) is 47.8 Å². The predicted octanol–water partition coefficient (Wildman–Crippen LogP) is 4.00. The number of amides is 1. The fourth-order valence-electron chi connectivity index (χ4n) is 2.86. The van der Waals surface area contributed by atoms with Crippen LogP contribution in [0.2, 0.25) is 0 Å². The summed E-state index contributed by atoms with van der Waals surface area (Å²) in [6.45, 7) is 2.99. The van der Waals surface area contributed by atoms with Crippen LogP contribution in [0.1, 0.15) is 9.67 Å². The van der Waals surface area contributed by atoms with E-state index in [1.165, 1.54) is 17.0 Å². The standard InChI is InChI=1S/C17H18Cl3N3OS/c18-17(19,20)16(21-15(24)14-7-4-12-25-14)23-10-8-22(9-11-23)13-5-2-1-3-6-13/h1-7,12,16H,8-11H2,(H,21,24)/t16-/m0/s1. The molecule has 0 unspecified atom stereocenters. The van der Waals surface area contributed by atoms with Crippen LogP contribution >= 0.6 is 46.1 Å². The molecule has 2 aromatic rings. The molecule has 0 aliphatic carbocycles. The maximum atomic E-state index is 12.4. The van der Waals surface area contributed by atoms with Gasteiger partial charge >= 0.3 is 0 Å². The molecule has 1 amide bonds. The molecule has 134 valence electrons. The van der Waals surface area contributed by atoms with E-state index in [2.05, 4.69) is 22.3 Å². The summed E-state index contributed by atoms with van der Waals surface area (Å²) in [5.41, 5.74) is 1.18. The number of nitrogens with zero attached hydrogens (tertiary/aromatic N) is 2. The minimum Gasteiger partial charge on any atom is -0.369 e. The molecule has 1 fully saturated rings. The Hall–Kier alpha value is -0.980. The molecule has 1 aliphatic rings. The van der Waals surface area contributed by atoms with Gasteiger partial charge in [0, 0.05) is 31.9 Å². The van der Waals surface area contributed by atoms with Gasteiger partial charge in [0.05, 0.1) is 4.88 Å². The van der Waals surface area contributed by atoms with Gasteiger partial charge < -0.3 is 10.2 Å². The van der Waals surface area contributed by atoms with E-state index in [1.54, 1.807) is 6.07 Å². The van der Waals surface area contributed by atoms with Crippen LogP contribution in [-0.4, -0.2) is 46.9 Å². The lowest BCUT2D eigenvalue weighted by atomic mass is 10.2. The highest BCUT2D eigenvalue weighted by Gasteiger charge is 2.39. The first-order valence-corrected chi connectivity index (χ1v) is 9.91. The third-order valence-corrected chi connectivity index (χ3v) is 5.61. The highest BCUT2D eigenvalue weighted by Crippen LogP contribution is 2.33. The van der Waals surface area contributed by atoms with Crippen LogP contribution in [0.5, 0.6) is 0 Å². The van der Waals surface area contributed by atoms with Gasteiger partial charge in [-0.25, -0.2) is 0 Å². The Morgan fingerprint density at radius 2 is 1.72 bits per heavy atom. The molecule has 3 rings (SSSR count). The van der Waals surface area contributed by atoms with Crippen molar-refractivity contribution in [2.24, 2.45) is 0 Å². The molecule has 0 saturated carbocycles. The lowest BCUT2D eigenvalue weighted by Crippen LogP contribution is -2.60. The summed E-state index contributed by atoms with van der Waals surface area (Å²) < 4.78 is -1.61. The molecule has 25 heavy (non-hydrogen) atoms. The van der Waals surface area contributed by atoms with Crippen molar-refractivity contribution in [2.75, 3.05) is 31.1 Å². The second-order valence-electron chi connectivity index (χ2n) is 5.75. The fraction of sp³-hybridized carbons (Fsp3) is 0.353. The average molecular weight is 419 g/mol. The number of carbonyl (C=O) groups is 1. The summed E-state index contributed by atoms with van der Waals surface area (Å²) >= 11 is 19.8. The second-order valence-corrected chi connectivity index (χ2v) is 9.07. The molecular formula is C17H18Cl3N3OS. The largest absolute Gasteiger partial charge is 0.369 e. The molecule has 1 N–H and O–H groups in total. The van der Waals surface area contributed by atoms with Crippen LogP contribution < -0.4 is 10.2 Å². The number of carbonyl (C=O) groups excluding carboxylic acids is 1. The van der Waals surface area contributed by atoms with Gasteiger partial charge in [0.25, 0.3) is 5.91 Å². The third-order valence-electron chi connectivity index (χ3n) is 4.12. The summed E-state index contributed by atoms with van der Waals surface area (Å²) in [7, 11) is 0. The highest BCUT2D eigenvalue weighted by molar-refractivity contribution is 7.12. The van der Waals surface area contributed by atoms with Crippen molar-refractivity contribution < 1.29 is 4.79 Å². The zero-order valence-corrected chi connectivity index (χ0v) is 16.5. The summed E-state index contributed by atoms with van der Waals surface area (Å²) in [5.74, 6) is -0.225. The van der Waals surface area contributed by atoms with E-state index in [9.17, 15) is 4.79 Å². The van der Waals surface area contributed by atoms with Gasteiger partial charge in [0.2, 0.25) is 3.79 Å². The van der Waals surface area contributed by atoms with E-state index in [0.717, 1.165) is 13.1 Å². The van der Waals surface area contributed by atoms with Gasteiger partial charge in [-0.1, -0.05) is 59.1 Å². The van der Waals surface area contributed by atoms with Crippen molar-refractivity contribution >= 4 is 57.7 Å². The van der Waals surface area contributed by atoms with Gasteiger partial charge in [-0.15, -0.1) is 11.3 Å². The van der Waals surface area contributed by atoms with Crippen molar-refractivity contribution in [2.45, 2.75) is 9.96 Å². The average Bonchev–Trinajstić information content (AvgIpc) is 3.14. The maximum absolute atomic E-state index is 12.4. The van der Waals surface area contributed by atoms with Gasteiger partial charge in [-0.3, -0.25) is 9.69 Å². The Morgan fingerprint density at radius 1 is 1.04 bits per heavy atom. The van der Waals surface area contributed by atoms with Crippen molar-refractivity contribution in [3.63, 3.8) is 0 Å². The van der Waals surface area contributed by atoms with E-state index in [0.29, 0.717) is 18.0 Å². The van der Waals surface area contributed by atoms with E-state index < -0.39 is 9.96 Å². The molecule has 2 heterocycles. The Morgan fingerprint density at radius 3 is 2.28 bits per heavy atom. The lowest BCUT2D eigenvalue weighted by molar-refractivity contribution is 0.0845. The number of benzene rings is 1. The van der Waals surface area contributed by atoms with E-state index in [1.807, 2.05) is 34.5 Å². The topological polar surface area (TPSA) is 35.6 Å². The Labute approximate surface area is 166 Å². The normalized spacial score (nSPS) is 17.3.